The zero-order chi connectivity index (χ0) is 16.2. The first-order chi connectivity index (χ1) is 9.65. The van der Waals surface area contributed by atoms with E-state index in [4.69, 9.17) is 10.5 Å². The third-order valence-corrected chi connectivity index (χ3v) is 4.26. The summed E-state index contributed by atoms with van der Waals surface area (Å²) in [6.07, 6.45) is -0.00569. The van der Waals surface area contributed by atoms with Crippen molar-refractivity contribution in [2.45, 2.75) is 31.8 Å². The summed E-state index contributed by atoms with van der Waals surface area (Å²) in [5.74, 6) is 0. The van der Waals surface area contributed by atoms with Crippen LogP contribution in [0.4, 0.5) is 11.4 Å². The lowest BCUT2D eigenvalue weighted by Gasteiger charge is -2.11. The molecule has 0 aromatic heterocycles. The summed E-state index contributed by atoms with van der Waals surface area (Å²) in [5.41, 5.74) is 5.35. The second-order valence-electron chi connectivity index (χ2n) is 4.75. The molecule has 0 fully saturated rings. The molecule has 1 rings (SSSR count). The highest BCUT2D eigenvalue weighted by molar-refractivity contribution is 7.89. The number of aryl methyl sites for hydroxylation is 1. The van der Waals surface area contributed by atoms with E-state index in [2.05, 4.69) is 4.72 Å². The highest BCUT2D eigenvalue weighted by Crippen LogP contribution is 2.28. The number of rotatable bonds is 7. The van der Waals surface area contributed by atoms with Gasteiger partial charge < -0.3 is 10.5 Å². The Morgan fingerprint density at radius 2 is 2.05 bits per heavy atom. The van der Waals surface area contributed by atoms with Crippen LogP contribution in [0.5, 0.6) is 0 Å². The number of nitro groups is 1. The van der Waals surface area contributed by atoms with Crippen LogP contribution in [0.25, 0.3) is 0 Å². The predicted molar refractivity (Wildman–Crippen MR) is 78.5 cm³/mol. The molecule has 1 aromatic carbocycles. The van der Waals surface area contributed by atoms with Crippen LogP contribution in [0.15, 0.2) is 17.0 Å². The molecule has 0 bridgehead atoms. The molecule has 118 valence electrons. The van der Waals surface area contributed by atoms with Gasteiger partial charge in [0.15, 0.2) is 0 Å². The van der Waals surface area contributed by atoms with Gasteiger partial charge in [0.05, 0.1) is 22.5 Å². The maximum atomic E-state index is 12.2. The Morgan fingerprint density at radius 3 is 2.57 bits per heavy atom. The summed E-state index contributed by atoms with van der Waals surface area (Å²) < 4.78 is 31.9. The lowest BCUT2D eigenvalue weighted by Crippen LogP contribution is -2.28. The van der Waals surface area contributed by atoms with Crippen LogP contribution in [0.3, 0.4) is 0 Å². The molecule has 8 nitrogen and oxygen atoms in total. The van der Waals surface area contributed by atoms with Gasteiger partial charge in [-0.1, -0.05) is 0 Å². The molecule has 9 heteroatoms. The Bertz CT molecular complexity index is 628. The van der Waals surface area contributed by atoms with E-state index in [-0.39, 0.29) is 29.8 Å². The number of nitrogens with one attached hydrogen (secondary N) is 1. The molecule has 0 heterocycles. The minimum atomic E-state index is -3.85. The number of nitrogens with two attached hydrogens (primary N) is 1. The molecule has 0 saturated heterocycles. The maximum Gasteiger partial charge on any atom is 0.293 e. The zero-order valence-corrected chi connectivity index (χ0v) is 12.9. The largest absolute Gasteiger partial charge is 0.393 e. The molecule has 0 aliphatic carbocycles. The van der Waals surface area contributed by atoms with E-state index in [1.807, 2.05) is 13.8 Å². The summed E-state index contributed by atoms with van der Waals surface area (Å²) in [6, 6.07) is 2.24. The molecule has 3 N–H and O–H groups in total. The number of hydrogen-bond acceptors (Lipinski definition) is 6. The highest BCUT2D eigenvalue weighted by atomic mass is 32.2. The van der Waals surface area contributed by atoms with Crippen molar-refractivity contribution >= 4 is 21.4 Å². The van der Waals surface area contributed by atoms with Crippen LogP contribution in [0, 0.1) is 17.0 Å². The van der Waals surface area contributed by atoms with Crippen molar-refractivity contribution in [1.82, 2.24) is 4.72 Å². The van der Waals surface area contributed by atoms with E-state index in [1.165, 1.54) is 13.0 Å². The van der Waals surface area contributed by atoms with Crippen LogP contribution >= 0.6 is 0 Å². The second kappa shape index (κ2) is 6.83. The molecule has 21 heavy (non-hydrogen) atoms. The minimum absolute atomic E-state index is 0.00569. The number of benzene rings is 1. The summed E-state index contributed by atoms with van der Waals surface area (Å²) >= 11 is 0. The molecule has 0 aliphatic rings. The molecule has 0 radical (unpaired) electrons. The van der Waals surface area contributed by atoms with Gasteiger partial charge in [-0.05, 0) is 32.4 Å². The van der Waals surface area contributed by atoms with Gasteiger partial charge in [-0.3, -0.25) is 10.1 Å². The van der Waals surface area contributed by atoms with Gasteiger partial charge in [0.2, 0.25) is 10.0 Å². The lowest BCUT2D eigenvalue weighted by molar-refractivity contribution is -0.384. The Balaban J connectivity index is 2.97. The average Bonchev–Trinajstić information content (AvgIpc) is 2.33. The van der Waals surface area contributed by atoms with Crippen molar-refractivity contribution in [3.8, 4) is 0 Å². The topological polar surface area (TPSA) is 125 Å². The number of ether oxygens (including phenoxy) is 1. The third-order valence-electron chi connectivity index (χ3n) is 2.66. The maximum absolute atomic E-state index is 12.2. The lowest BCUT2D eigenvalue weighted by atomic mass is 10.2. The average molecular weight is 317 g/mol. The number of hydrogen-bond donors (Lipinski definition) is 2. The standard InChI is InChI=1S/C12H19N3O5S/c1-8(2)20-5-4-14-21(18,19)12-7-11(15(16)17)10(13)6-9(12)3/h6-8,14H,4-5,13H2,1-3H3. The fourth-order valence-corrected chi connectivity index (χ4v) is 2.95. The van der Waals surface area contributed by atoms with Gasteiger partial charge in [0.1, 0.15) is 5.69 Å². The predicted octanol–water partition coefficient (Wildman–Crippen LogP) is 1.19. The SMILES string of the molecule is Cc1cc(N)c([N+](=O)[O-])cc1S(=O)(=O)NCCOC(C)C. The molecule has 0 unspecified atom stereocenters. The van der Waals surface area contributed by atoms with E-state index in [9.17, 15) is 18.5 Å². The smallest absolute Gasteiger partial charge is 0.293 e. The Labute approximate surface area is 123 Å². The first kappa shape index (κ1) is 17.3. The summed E-state index contributed by atoms with van der Waals surface area (Å²) in [5, 5.41) is 10.8. The molecular formula is C12H19N3O5S. The first-order valence-electron chi connectivity index (χ1n) is 6.31. The molecule has 0 spiro atoms. The third kappa shape index (κ3) is 4.66. The second-order valence-corrected chi connectivity index (χ2v) is 6.49. The van der Waals surface area contributed by atoms with Gasteiger partial charge >= 0.3 is 0 Å². The van der Waals surface area contributed by atoms with Crippen molar-refractivity contribution in [2.24, 2.45) is 0 Å². The van der Waals surface area contributed by atoms with Crippen molar-refractivity contribution in [2.75, 3.05) is 18.9 Å². The van der Waals surface area contributed by atoms with Crippen molar-refractivity contribution in [3.05, 3.63) is 27.8 Å². The Morgan fingerprint density at radius 1 is 1.43 bits per heavy atom. The molecule has 1 aromatic rings. The summed E-state index contributed by atoms with van der Waals surface area (Å²) in [6.45, 7) is 5.49. The number of anilines is 1. The van der Waals surface area contributed by atoms with Crippen molar-refractivity contribution < 1.29 is 18.1 Å². The summed E-state index contributed by atoms with van der Waals surface area (Å²) in [7, 11) is -3.85. The van der Waals surface area contributed by atoms with Crippen LogP contribution in [0.2, 0.25) is 0 Å². The van der Waals surface area contributed by atoms with E-state index < -0.39 is 20.6 Å². The van der Waals surface area contributed by atoms with Crippen LogP contribution in [-0.2, 0) is 14.8 Å². The van der Waals surface area contributed by atoms with Gasteiger partial charge in [-0.2, -0.15) is 0 Å². The molecule has 0 aliphatic heterocycles. The quantitative estimate of drug-likeness (QED) is 0.337. The van der Waals surface area contributed by atoms with Crippen molar-refractivity contribution in [3.63, 3.8) is 0 Å². The highest BCUT2D eigenvalue weighted by Gasteiger charge is 2.22. The zero-order valence-electron chi connectivity index (χ0n) is 12.1. The Kier molecular flexibility index (Phi) is 5.64. The van der Waals surface area contributed by atoms with Crippen LogP contribution in [0.1, 0.15) is 19.4 Å². The first-order valence-corrected chi connectivity index (χ1v) is 7.79. The monoisotopic (exact) mass is 317 g/mol. The summed E-state index contributed by atoms with van der Waals surface area (Å²) in [4.78, 5) is 9.97. The van der Waals surface area contributed by atoms with Crippen LogP contribution in [-0.4, -0.2) is 32.6 Å². The van der Waals surface area contributed by atoms with Gasteiger partial charge in [-0.15, -0.1) is 0 Å². The minimum Gasteiger partial charge on any atom is -0.393 e. The number of nitrogens with zero attached hydrogens (tertiary/aromatic N) is 1. The fourth-order valence-electron chi connectivity index (χ4n) is 1.70. The van der Waals surface area contributed by atoms with E-state index >= 15 is 0 Å². The van der Waals surface area contributed by atoms with Gasteiger partial charge in [-0.25, -0.2) is 13.1 Å². The normalized spacial score (nSPS) is 11.8. The van der Waals surface area contributed by atoms with Gasteiger partial charge in [0.25, 0.3) is 5.69 Å². The number of nitro benzene ring substituents is 1. The van der Waals surface area contributed by atoms with Gasteiger partial charge in [0, 0.05) is 12.6 Å². The van der Waals surface area contributed by atoms with E-state index in [0.717, 1.165) is 6.07 Å². The number of nitrogen functional groups attached to an aromatic ring is 1. The van der Waals surface area contributed by atoms with Crippen molar-refractivity contribution in [1.29, 1.82) is 0 Å². The number of sulfonamides is 1. The molecular weight excluding hydrogens is 298 g/mol. The van der Waals surface area contributed by atoms with Crippen LogP contribution < -0.4 is 10.5 Å². The molecule has 0 atom stereocenters. The Hall–Kier alpha value is -1.71. The molecule has 0 saturated carbocycles. The van der Waals surface area contributed by atoms with E-state index in [1.54, 1.807) is 0 Å². The molecule has 0 amide bonds. The van der Waals surface area contributed by atoms with E-state index in [0.29, 0.717) is 5.56 Å². The fraction of sp³-hybridized carbons (Fsp3) is 0.500.